The average molecular weight is 540 g/mol. The number of fused-ring (bicyclic) bond motifs is 1. The Bertz CT molecular complexity index is 1530. The minimum absolute atomic E-state index is 0.000713. The Labute approximate surface area is 223 Å². The van der Waals surface area contributed by atoms with E-state index in [0.717, 1.165) is 0 Å². The number of aromatic nitrogens is 1. The van der Waals surface area contributed by atoms with E-state index in [2.05, 4.69) is 15.6 Å². The first-order valence-electron chi connectivity index (χ1n) is 12.2. The molecule has 0 radical (unpaired) electrons. The largest absolute Gasteiger partial charge is 0.508 e. The molecule has 0 saturated heterocycles. The van der Waals surface area contributed by atoms with Gasteiger partial charge in [0.15, 0.2) is 0 Å². The molecule has 0 aliphatic carbocycles. The molecule has 7 nitrogen and oxygen atoms in total. The Kier molecular flexibility index (Phi) is 7.41. The van der Waals surface area contributed by atoms with Gasteiger partial charge in [0.05, 0.1) is 16.6 Å². The molecular weight excluding hydrogens is 511 g/mol. The quantitative estimate of drug-likeness (QED) is 0.269. The van der Waals surface area contributed by atoms with Gasteiger partial charge < -0.3 is 20.2 Å². The highest BCUT2D eigenvalue weighted by Gasteiger charge is 2.29. The highest BCUT2D eigenvalue weighted by atomic mass is 19.4. The molecule has 0 saturated carbocycles. The lowest BCUT2D eigenvalue weighted by Crippen LogP contribution is -2.40. The van der Waals surface area contributed by atoms with Crippen LogP contribution >= 0.6 is 0 Å². The number of aryl methyl sites for hydroxylation is 1. The molecule has 0 aliphatic rings. The molecule has 39 heavy (non-hydrogen) atoms. The van der Waals surface area contributed by atoms with Gasteiger partial charge in [0, 0.05) is 35.7 Å². The summed E-state index contributed by atoms with van der Waals surface area (Å²) >= 11 is 0. The normalized spacial score (nSPS) is 12.0. The first kappa shape index (κ1) is 27.7. The number of rotatable bonds is 6. The van der Waals surface area contributed by atoms with E-state index in [9.17, 15) is 27.9 Å². The van der Waals surface area contributed by atoms with Crippen molar-refractivity contribution in [1.29, 1.82) is 0 Å². The van der Waals surface area contributed by atoms with E-state index in [1.54, 1.807) is 42.5 Å². The van der Waals surface area contributed by atoms with Crippen molar-refractivity contribution < 1.29 is 32.3 Å². The number of phenols is 1. The average Bonchev–Trinajstić information content (AvgIpc) is 3.24. The molecule has 2 heterocycles. The standard InChI is InChI=1S/C29H28F3N3O4/c1-28(2,3)35-25(37)18-7-5-6-17(14-18)20-15-21-23(26(38)33-4)24(16-8-10-19(36)11-9-16)39-27(21)34-22(20)12-13-29(30,31)32/h5-11,14-15,36H,12-13H2,1-4H3,(H,33,38)(H,35,37). The molecule has 10 heteroatoms. The number of hydrogen-bond donors (Lipinski definition) is 3. The Morgan fingerprint density at radius 3 is 2.28 bits per heavy atom. The Balaban J connectivity index is 1.93. The second kappa shape index (κ2) is 10.4. The van der Waals surface area contributed by atoms with Crippen molar-refractivity contribution in [1.82, 2.24) is 15.6 Å². The lowest BCUT2D eigenvalue weighted by atomic mass is 9.96. The highest BCUT2D eigenvalue weighted by Crippen LogP contribution is 2.38. The van der Waals surface area contributed by atoms with Gasteiger partial charge in [-0.3, -0.25) is 9.59 Å². The third kappa shape index (κ3) is 6.39. The summed E-state index contributed by atoms with van der Waals surface area (Å²) in [6, 6.07) is 14.1. The van der Waals surface area contributed by atoms with Crippen LogP contribution in [0.2, 0.25) is 0 Å². The topological polar surface area (TPSA) is 104 Å². The van der Waals surface area contributed by atoms with E-state index in [1.165, 1.54) is 19.2 Å². The Morgan fingerprint density at radius 1 is 0.974 bits per heavy atom. The summed E-state index contributed by atoms with van der Waals surface area (Å²) in [4.78, 5) is 30.2. The predicted octanol–water partition coefficient (Wildman–Crippen LogP) is 6.25. The maximum atomic E-state index is 13.2. The van der Waals surface area contributed by atoms with Crippen molar-refractivity contribution in [2.24, 2.45) is 0 Å². The molecule has 0 spiro atoms. The van der Waals surface area contributed by atoms with Crippen molar-refractivity contribution in [2.45, 2.75) is 45.3 Å². The molecule has 3 N–H and O–H groups in total. The number of benzene rings is 2. The van der Waals surface area contributed by atoms with Crippen LogP contribution in [-0.2, 0) is 6.42 Å². The molecule has 0 unspecified atom stereocenters. The number of phenolic OH excluding ortho intramolecular Hbond substituents is 1. The minimum Gasteiger partial charge on any atom is -0.508 e. The molecule has 204 valence electrons. The van der Waals surface area contributed by atoms with Crippen molar-refractivity contribution in [3.05, 3.63) is 71.4 Å². The maximum absolute atomic E-state index is 13.2. The summed E-state index contributed by atoms with van der Waals surface area (Å²) in [5, 5.41) is 15.4. The number of furan rings is 1. The monoisotopic (exact) mass is 539 g/mol. The van der Waals surface area contributed by atoms with Crippen LogP contribution in [0.3, 0.4) is 0 Å². The van der Waals surface area contributed by atoms with Crippen molar-refractivity contribution in [2.75, 3.05) is 7.05 Å². The molecule has 0 aliphatic heterocycles. The van der Waals surface area contributed by atoms with E-state index in [1.807, 2.05) is 20.8 Å². The lowest BCUT2D eigenvalue weighted by Gasteiger charge is -2.20. The number of hydrogen-bond acceptors (Lipinski definition) is 5. The summed E-state index contributed by atoms with van der Waals surface area (Å²) in [5.41, 5.74) is 1.39. The van der Waals surface area contributed by atoms with Gasteiger partial charge in [-0.15, -0.1) is 0 Å². The molecular formula is C29H28F3N3O4. The van der Waals surface area contributed by atoms with Gasteiger partial charge in [-0.05, 0) is 75.2 Å². The third-order valence-corrected chi connectivity index (χ3v) is 5.91. The number of carbonyl (C=O) groups excluding carboxylic acids is 2. The number of pyridine rings is 1. The number of nitrogens with one attached hydrogen (secondary N) is 2. The molecule has 2 aromatic heterocycles. The second-order valence-corrected chi connectivity index (χ2v) is 10.2. The van der Waals surface area contributed by atoms with Gasteiger partial charge in [-0.2, -0.15) is 13.2 Å². The van der Waals surface area contributed by atoms with Gasteiger partial charge in [-0.25, -0.2) is 4.98 Å². The zero-order chi connectivity index (χ0) is 28.5. The summed E-state index contributed by atoms with van der Waals surface area (Å²) in [5.74, 6) is -0.638. The third-order valence-electron chi connectivity index (χ3n) is 5.91. The van der Waals surface area contributed by atoms with E-state index in [4.69, 9.17) is 4.42 Å². The molecule has 2 amide bonds. The zero-order valence-electron chi connectivity index (χ0n) is 21.9. The second-order valence-electron chi connectivity index (χ2n) is 10.2. The highest BCUT2D eigenvalue weighted by molar-refractivity contribution is 6.11. The molecule has 4 aromatic rings. The number of halogens is 3. The first-order chi connectivity index (χ1) is 18.3. The van der Waals surface area contributed by atoms with Crippen LogP contribution in [0, 0.1) is 0 Å². The molecule has 4 rings (SSSR count). The van der Waals surface area contributed by atoms with Crippen molar-refractivity contribution in [3.8, 4) is 28.2 Å². The van der Waals surface area contributed by atoms with Crippen molar-refractivity contribution in [3.63, 3.8) is 0 Å². The SMILES string of the molecule is CNC(=O)c1c(-c2ccc(O)cc2)oc2nc(CCC(F)(F)F)c(-c3cccc(C(=O)NC(C)(C)C)c3)cc12. The van der Waals surface area contributed by atoms with Gasteiger partial charge in [0.2, 0.25) is 5.71 Å². The Hall–Kier alpha value is -4.34. The molecule has 2 aromatic carbocycles. The first-order valence-corrected chi connectivity index (χ1v) is 12.2. The predicted molar refractivity (Wildman–Crippen MR) is 142 cm³/mol. The van der Waals surface area contributed by atoms with Gasteiger partial charge >= 0.3 is 6.18 Å². The number of aromatic hydroxyl groups is 1. The van der Waals surface area contributed by atoms with E-state index < -0.39 is 30.5 Å². The minimum atomic E-state index is -4.42. The summed E-state index contributed by atoms with van der Waals surface area (Å²) in [6.07, 6.45) is -5.97. The van der Waals surface area contributed by atoms with Crippen LogP contribution in [0.4, 0.5) is 13.2 Å². The Morgan fingerprint density at radius 2 is 1.67 bits per heavy atom. The number of alkyl halides is 3. The summed E-state index contributed by atoms with van der Waals surface area (Å²) in [7, 11) is 1.45. The van der Waals surface area contributed by atoms with E-state index in [-0.39, 0.29) is 34.4 Å². The maximum Gasteiger partial charge on any atom is 0.389 e. The molecule has 0 bridgehead atoms. The van der Waals surface area contributed by atoms with E-state index in [0.29, 0.717) is 27.6 Å². The van der Waals surface area contributed by atoms with Crippen LogP contribution < -0.4 is 10.6 Å². The summed E-state index contributed by atoms with van der Waals surface area (Å²) < 4.78 is 45.6. The van der Waals surface area contributed by atoms with Crippen LogP contribution in [-0.4, -0.2) is 40.7 Å². The lowest BCUT2D eigenvalue weighted by molar-refractivity contribution is -0.134. The zero-order valence-corrected chi connectivity index (χ0v) is 21.9. The smallest absolute Gasteiger partial charge is 0.389 e. The van der Waals surface area contributed by atoms with Crippen LogP contribution in [0.25, 0.3) is 33.6 Å². The molecule has 0 fully saturated rings. The fourth-order valence-electron chi connectivity index (χ4n) is 4.17. The van der Waals surface area contributed by atoms with Crippen LogP contribution in [0.15, 0.2) is 59.0 Å². The van der Waals surface area contributed by atoms with Crippen LogP contribution in [0.5, 0.6) is 5.75 Å². The summed E-state index contributed by atoms with van der Waals surface area (Å²) in [6.45, 7) is 5.52. The molecule has 0 atom stereocenters. The van der Waals surface area contributed by atoms with Crippen molar-refractivity contribution >= 4 is 22.9 Å². The number of nitrogens with zero attached hydrogens (tertiary/aromatic N) is 1. The number of carbonyl (C=O) groups is 2. The van der Waals surface area contributed by atoms with Crippen LogP contribution in [0.1, 0.15) is 53.6 Å². The van der Waals surface area contributed by atoms with Gasteiger partial charge in [0.1, 0.15) is 11.5 Å². The fourth-order valence-corrected chi connectivity index (χ4v) is 4.17. The van der Waals surface area contributed by atoms with Gasteiger partial charge in [0.25, 0.3) is 11.8 Å². The number of amides is 2. The van der Waals surface area contributed by atoms with E-state index >= 15 is 0 Å². The fraction of sp³-hybridized carbons (Fsp3) is 0.276. The van der Waals surface area contributed by atoms with Gasteiger partial charge in [-0.1, -0.05) is 12.1 Å².